The zero-order valence-electron chi connectivity index (χ0n) is 10.3. The molecule has 1 aliphatic rings. The molecule has 0 aromatic carbocycles. The fourth-order valence-corrected chi connectivity index (χ4v) is 2.16. The number of nitrogens with zero attached hydrogens (tertiary/aromatic N) is 3. The maximum Gasteiger partial charge on any atom is 0.269 e. The molecule has 1 aromatic heterocycles. The van der Waals surface area contributed by atoms with Crippen molar-refractivity contribution in [2.24, 2.45) is 4.99 Å². The SMILES string of the molecule is CC(C)(C)n1c2c(cc(C#N)c1=O)C=NCC2. The lowest BCUT2D eigenvalue weighted by atomic mass is 10.0. The molecule has 2 heterocycles. The number of rotatable bonds is 0. The summed E-state index contributed by atoms with van der Waals surface area (Å²) < 4.78 is 1.73. The summed E-state index contributed by atoms with van der Waals surface area (Å²) in [5.74, 6) is 0. The Kier molecular flexibility index (Phi) is 2.62. The minimum Gasteiger partial charge on any atom is -0.306 e. The van der Waals surface area contributed by atoms with Crippen LogP contribution < -0.4 is 5.56 Å². The van der Waals surface area contributed by atoms with Crippen molar-refractivity contribution in [1.29, 1.82) is 5.26 Å². The summed E-state index contributed by atoms with van der Waals surface area (Å²) >= 11 is 0. The van der Waals surface area contributed by atoms with E-state index in [1.807, 2.05) is 26.8 Å². The van der Waals surface area contributed by atoms with Crippen molar-refractivity contribution in [3.63, 3.8) is 0 Å². The zero-order chi connectivity index (χ0) is 12.6. The van der Waals surface area contributed by atoms with Crippen LogP contribution in [-0.4, -0.2) is 17.3 Å². The van der Waals surface area contributed by atoms with E-state index >= 15 is 0 Å². The number of nitriles is 1. The lowest BCUT2D eigenvalue weighted by Crippen LogP contribution is -2.39. The lowest BCUT2D eigenvalue weighted by molar-refractivity contribution is 0.369. The van der Waals surface area contributed by atoms with Gasteiger partial charge in [0.2, 0.25) is 0 Å². The van der Waals surface area contributed by atoms with Crippen LogP contribution in [0.1, 0.15) is 37.6 Å². The molecule has 4 nitrogen and oxygen atoms in total. The second-order valence-corrected chi connectivity index (χ2v) is 5.17. The second-order valence-electron chi connectivity index (χ2n) is 5.17. The van der Waals surface area contributed by atoms with Gasteiger partial charge in [-0.25, -0.2) is 0 Å². The van der Waals surface area contributed by atoms with Gasteiger partial charge in [-0.15, -0.1) is 0 Å². The van der Waals surface area contributed by atoms with E-state index in [0.717, 1.165) is 17.7 Å². The van der Waals surface area contributed by atoms with Crippen LogP contribution in [0.4, 0.5) is 0 Å². The van der Waals surface area contributed by atoms with Crippen LogP contribution in [0, 0.1) is 11.3 Å². The van der Waals surface area contributed by atoms with E-state index in [1.54, 1.807) is 16.8 Å². The Balaban J connectivity index is 2.85. The van der Waals surface area contributed by atoms with Crippen molar-refractivity contribution < 1.29 is 0 Å². The highest BCUT2D eigenvalue weighted by Crippen LogP contribution is 2.19. The van der Waals surface area contributed by atoms with Crippen molar-refractivity contribution in [2.75, 3.05) is 6.54 Å². The summed E-state index contributed by atoms with van der Waals surface area (Å²) in [6.07, 6.45) is 2.51. The van der Waals surface area contributed by atoms with Crippen LogP contribution in [0.15, 0.2) is 15.9 Å². The second kappa shape index (κ2) is 3.85. The number of hydrogen-bond acceptors (Lipinski definition) is 3. The molecular formula is C13H15N3O. The van der Waals surface area contributed by atoms with E-state index in [9.17, 15) is 4.79 Å². The summed E-state index contributed by atoms with van der Waals surface area (Å²) in [7, 11) is 0. The molecule has 0 unspecified atom stereocenters. The zero-order valence-corrected chi connectivity index (χ0v) is 10.3. The molecule has 4 heteroatoms. The van der Waals surface area contributed by atoms with Gasteiger partial charge < -0.3 is 4.57 Å². The molecule has 0 aliphatic carbocycles. The van der Waals surface area contributed by atoms with E-state index < -0.39 is 0 Å². The first-order valence-corrected chi connectivity index (χ1v) is 5.64. The first kappa shape index (κ1) is 11.6. The highest BCUT2D eigenvalue weighted by molar-refractivity contribution is 5.82. The maximum absolute atomic E-state index is 12.2. The van der Waals surface area contributed by atoms with Gasteiger partial charge in [0.25, 0.3) is 5.56 Å². The molecule has 1 aromatic rings. The van der Waals surface area contributed by atoms with Crippen LogP contribution in [0.5, 0.6) is 0 Å². The summed E-state index contributed by atoms with van der Waals surface area (Å²) in [4.78, 5) is 16.4. The molecule has 0 radical (unpaired) electrons. The van der Waals surface area contributed by atoms with Crippen molar-refractivity contribution in [3.05, 3.63) is 33.2 Å². The van der Waals surface area contributed by atoms with Crippen molar-refractivity contribution in [1.82, 2.24) is 4.57 Å². The molecule has 17 heavy (non-hydrogen) atoms. The fraction of sp³-hybridized carbons (Fsp3) is 0.462. The van der Waals surface area contributed by atoms with E-state index in [-0.39, 0.29) is 16.7 Å². The Hall–Kier alpha value is -1.89. The topological polar surface area (TPSA) is 58.1 Å². The Morgan fingerprint density at radius 2 is 2.18 bits per heavy atom. The average molecular weight is 229 g/mol. The van der Waals surface area contributed by atoms with Gasteiger partial charge in [-0.1, -0.05) is 0 Å². The molecule has 2 rings (SSSR count). The third kappa shape index (κ3) is 1.89. The molecule has 0 fully saturated rings. The summed E-state index contributed by atoms with van der Waals surface area (Å²) in [6.45, 7) is 6.62. The number of fused-ring (bicyclic) bond motifs is 1. The van der Waals surface area contributed by atoms with Gasteiger partial charge in [0.1, 0.15) is 11.6 Å². The minimum absolute atomic E-state index is 0.187. The molecule has 0 atom stereocenters. The van der Waals surface area contributed by atoms with Crippen molar-refractivity contribution in [2.45, 2.75) is 32.7 Å². The van der Waals surface area contributed by atoms with Gasteiger partial charge in [0.05, 0.1) is 0 Å². The van der Waals surface area contributed by atoms with Gasteiger partial charge in [-0.3, -0.25) is 9.79 Å². The number of pyridine rings is 1. The first-order valence-electron chi connectivity index (χ1n) is 5.64. The molecule has 0 amide bonds. The summed E-state index contributed by atoms with van der Waals surface area (Å²) in [6, 6.07) is 3.60. The normalized spacial score (nSPS) is 14.2. The monoisotopic (exact) mass is 229 g/mol. The fourth-order valence-electron chi connectivity index (χ4n) is 2.16. The molecular weight excluding hydrogens is 214 g/mol. The van der Waals surface area contributed by atoms with Gasteiger partial charge in [0.15, 0.2) is 0 Å². The summed E-state index contributed by atoms with van der Waals surface area (Å²) in [5, 5.41) is 9.00. The van der Waals surface area contributed by atoms with E-state index in [1.165, 1.54) is 0 Å². The van der Waals surface area contributed by atoms with Crippen LogP contribution in [-0.2, 0) is 12.0 Å². The predicted molar refractivity (Wildman–Crippen MR) is 66.6 cm³/mol. The Bertz CT molecular complexity index is 582. The van der Waals surface area contributed by atoms with Crippen LogP contribution >= 0.6 is 0 Å². The molecule has 0 saturated carbocycles. The van der Waals surface area contributed by atoms with E-state index in [2.05, 4.69) is 4.99 Å². The standard InChI is InChI=1S/C13H15N3O/c1-13(2,3)16-11-4-5-15-8-10(11)6-9(7-14)12(16)17/h6,8H,4-5H2,1-3H3. The molecule has 0 saturated heterocycles. The van der Waals surface area contributed by atoms with E-state index in [0.29, 0.717) is 6.54 Å². The number of aromatic nitrogens is 1. The Labute approximate surface area is 100 Å². The smallest absolute Gasteiger partial charge is 0.269 e. The third-order valence-electron chi connectivity index (χ3n) is 2.84. The quantitative estimate of drug-likeness (QED) is 0.676. The predicted octanol–water partition coefficient (Wildman–Crippen LogP) is 1.45. The molecule has 1 aliphatic heterocycles. The summed E-state index contributed by atoms with van der Waals surface area (Å²) in [5.41, 5.74) is 1.54. The highest BCUT2D eigenvalue weighted by atomic mass is 16.1. The first-order chi connectivity index (χ1) is 7.95. The average Bonchev–Trinajstić information content (AvgIpc) is 2.26. The largest absolute Gasteiger partial charge is 0.306 e. The maximum atomic E-state index is 12.2. The minimum atomic E-state index is -0.320. The van der Waals surface area contributed by atoms with Crippen LogP contribution in [0.25, 0.3) is 0 Å². The Morgan fingerprint density at radius 3 is 2.76 bits per heavy atom. The Morgan fingerprint density at radius 1 is 1.47 bits per heavy atom. The van der Waals surface area contributed by atoms with Gasteiger partial charge in [-0.2, -0.15) is 5.26 Å². The van der Waals surface area contributed by atoms with Gasteiger partial charge in [-0.05, 0) is 26.8 Å². The molecule has 0 spiro atoms. The molecule has 0 N–H and O–H groups in total. The highest BCUT2D eigenvalue weighted by Gasteiger charge is 2.23. The van der Waals surface area contributed by atoms with Crippen molar-refractivity contribution in [3.8, 4) is 6.07 Å². The molecule has 0 bridgehead atoms. The number of aliphatic imine (C=N–C) groups is 1. The van der Waals surface area contributed by atoms with E-state index in [4.69, 9.17) is 5.26 Å². The third-order valence-corrected chi connectivity index (χ3v) is 2.84. The molecule has 88 valence electrons. The van der Waals surface area contributed by atoms with Crippen LogP contribution in [0.3, 0.4) is 0 Å². The van der Waals surface area contributed by atoms with Crippen LogP contribution in [0.2, 0.25) is 0 Å². The number of hydrogen-bond donors (Lipinski definition) is 0. The lowest BCUT2D eigenvalue weighted by Gasteiger charge is -2.28. The van der Waals surface area contributed by atoms with Gasteiger partial charge >= 0.3 is 0 Å². The van der Waals surface area contributed by atoms with Gasteiger partial charge in [0, 0.05) is 36.0 Å². The van der Waals surface area contributed by atoms with Crippen molar-refractivity contribution >= 4 is 6.21 Å².